The number of nitrogens with zero attached hydrogens (tertiary/aromatic N) is 3. The molecule has 1 unspecified atom stereocenters. The summed E-state index contributed by atoms with van der Waals surface area (Å²) in [5, 5.41) is 14.6. The van der Waals surface area contributed by atoms with E-state index in [-0.39, 0.29) is 5.15 Å². The van der Waals surface area contributed by atoms with Crippen LogP contribution in [0, 0.1) is 3.70 Å². The molecule has 0 aliphatic carbocycles. The summed E-state index contributed by atoms with van der Waals surface area (Å²) in [4.78, 5) is 16.4. The van der Waals surface area contributed by atoms with E-state index in [0.29, 0.717) is 20.2 Å². The third kappa shape index (κ3) is 3.41. The van der Waals surface area contributed by atoms with Crippen molar-refractivity contribution < 1.29 is 10.0 Å². The van der Waals surface area contributed by atoms with Crippen molar-refractivity contribution in [2.45, 2.75) is 12.5 Å². The van der Waals surface area contributed by atoms with Gasteiger partial charge in [0.1, 0.15) is 19.9 Å². The first-order valence-electron chi connectivity index (χ1n) is 6.89. The molecule has 124 valence electrons. The Hall–Kier alpha value is -1.23. The fraction of sp³-hybridized carbons (Fsp3) is 0.133. The standard InChI is InChI=1S/C15H11BrClIN4O2/c16-11-7-9-12(13(17)19-11)22(20-14(9)18)10(15(23)21-24)6-8-4-2-1-3-5-8/h1-5,7,10,24H,6H2,(H,21,23). The zero-order valence-electron chi connectivity index (χ0n) is 12.1. The molecule has 9 heteroatoms. The highest BCUT2D eigenvalue weighted by Crippen LogP contribution is 2.31. The topological polar surface area (TPSA) is 80.0 Å². The minimum atomic E-state index is -0.760. The van der Waals surface area contributed by atoms with Crippen molar-refractivity contribution in [2.24, 2.45) is 0 Å². The first-order valence-corrected chi connectivity index (χ1v) is 9.14. The first-order chi connectivity index (χ1) is 11.5. The average Bonchev–Trinajstić information content (AvgIpc) is 2.90. The number of aromatic nitrogens is 3. The summed E-state index contributed by atoms with van der Waals surface area (Å²) in [7, 11) is 0. The van der Waals surface area contributed by atoms with E-state index in [9.17, 15) is 4.79 Å². The lowest BCUT2D eigenvalue weighted by molar-refractivity contribution is -0.132. The molecule has 0 aliphatic rings. The Morgan fingerprint density at radius 2 is 2.12 bits per heavy atom. The molecular weight excluding hydrogens is 510 g/mol. The number of fused-ring (bicyclic) bond motifs is 1. The highest BCUT2D eigenvalue weighted by molar-refractivity contribution is 14.1. The summed E-state index contributed by atoms with van der Waals surface area (Å²) in [6.45, 7) is 0. The van der Waals surface area contributed by atoms with Crippen LogP contribution in [0.25, 0.3) is 10.9 Å². The summed E-state index contributed by atoms with van der Waals surface area (Å²) in [6.07, 6.45) is 0.354. The molecule has 0 saturated carbocycles. The van der Waals surface area contributed by atoms with Gasteiger partial charge < -0.3 is 0 Å². The summed E-state index contributed by atoms with van der Waals surface area (Å²) < 4.78 is 2.79. The molecule has 1 amide bonds. The Balaban J connectivity index is 2.15. The number of benzene rings is 1. The molecule has 0 aliphatic heterocycles. The Bertz CT molecular complexity index is 903. The smallest absolute Gasteiger partial charge is 0.268 e. The van der Waals surface area contributed by atoms with Crippen LogP contribution < -0.4 is 5.48 Å². The van der Waals surface area contributed by atoms with E-state index in [1.807, 2.05) is 30.3 Å². The molecule has 24 heavy (non-hydrogen) atoms. The van der Waals surface area contributed by atoms with Crippen molar-refractivity contribution in [3.05, 3.63) is 55.4 Å². The van der Waals surface area contributed by atoms with Gasteiger partial charge in [-0.05, 0) is 50.2 Å². The van der Waals surface area contributed by atoms with Gasteiger partial charge in [0, 0.05) is 11.8 Å². The van der Waals surface area contributed by atoms with E-state index < -0.39 is 11.9 Å². The van der Waals surface area contributed by atoms with E-state index in [1.165, 1.54) is 4.68 Å². The molecule has 0 spiro atoms. The third-order valence-electron chi connectivity index (χ3n) is 3.55. The molecule has 2 heterocycles. The van der Waals surface area contributed by atoms with Gasteiger partial charge in [0.25, 0.3) is 5.91 Å². The fourth-order valence-corrected chi connectivity index (χ4v) is 3.91. The van der Waals surface area contributed by atoms with Crippen LogP contribution >= 0.6 is 50.1 Å². The van der Waals surface area contributed by atoms with Crippen LogP contribution in [0.4, 0.5) is 0 Å². The number of pyridine rings is 1. The van der Waals surface area contributed by atoms with Crippen LogP contribution in [-0.2, 0) is 11.2 Å². The van der Waals surface area contributed by atoms with Crippen LogP contribution in [-0.4, -0.2) is 25.9 Å². The van der Waals surface area contributed by atoms with Gasteiger partial charge >= 0.3 is 0 Å². The number of carbonyl (C=O) groups excluding carboxylic acids is 1. The molecule has 0 fully saturated rings. The minimum absolute atomic E-state index is 0.235. The quantitative estimate of drug-likeness (QED) is 0.237. The highest BCUT2D eigenvalue weighted by atomic mass is 127. The van der Waals surface area contributed by atoms with E-state index in [2.05, 4.69) is 48.6 Å². The Morgan fingerprint density at radius 1 is 1.42 bits per heavy atom. The normalized spacial score (nSPS) is 12.3. The molecule has 6 nitrogen and oxygen atoms in total. The fourth-order valence-electron chi connectivity index (χ4n) is 2.48. The third-order valence-corrected chi connectivity index (χ3v) is 5.01. The highest BCUT2D eigenvalue weighted by Gasteiger charge is 2.26. The van der Waals surface area contributed by atoms with E-state index in [0.717, 1.165) is 10.9 Å². The monoisotopic (exact) mass is 520 g/mol. The van der Waals surface area contributed by atoms with Crippen molar-refractivity contribution in [2.75, 3.05) is 0 Å². The predicted octanol–water partition coefficient (Wildman–Crippen LogP) is 3.74. The second kappa shape index (κ2) is 7.34. The maximum Gasteiger partial charge on any atom is 0.268 e. The molecule has 0 bridgehead atoms. The lowest BCUT2D eigenvalue weighted by Crippen LogP contribution is -2.32. The minimum Gasteiger partial charge on any atom is -0.289 e. The van der Waals surface area contributed by atoms with Crippen molar-refractivity contribution >= 4 is 66.9 Å². The summed E-state index contributed by atoms with van der Waals surface area (Å²) in [5.74, 6) is -0.571. The molecule has 1 aromatic carbocycles. The molecule has 0 saturated heterocycles. The van der Waals surface area contributed by atoms with Gasteiger partial charge in [-0.3, -0.25) is 10.0 Å². The summed E-state index contributed by atoms with van der Waals surface area (Å²) in [5.41, 5.74) is 3.20. The summed E-state index contributed by atoms with van der Waals surface area (Å²) in [6, 6.07) is 10.5. The van der Waals surface area contributed by atoms with E-state index in [1.54, 1.807) is 11.5 Å². The molecule has 0 radical (unpaired) electrons. The van der Waals surface area contributed by atoms with Crippen LogP contribution in [0.1, 0.15) is 11.6 Å². The Morgan fingerprint density at radius 3 is 2.79 bits per heavy atom. The van der Waals surface area contributed by atoms with Crippen LogP contribution in [0.2, 0.25) is 5.15 Å². The van der Waals surface area contributed by atoms with E-state index >= 15 is 0 Å². The van der Waals surface area contributed by atoms with Gasteiger partial charge in [-0.1, -0.05) is 41.9 Å². The average molecular weight is 522 g/mol. The van der Waals surface area contributed by atoms with Gasteiger partial charge in [-0.15, -0.1) is 0 Å². The van der Waals surface area contributed by atoms with Gasteiger partial charge in [0.15, 0.2) is 5.15 Å². The van der Waals surface area contributed by atoms with Crippen molar-refractivity contribution in [3.63, 3.8) is 0 Å². The van der Waals surface area contributed by atoms with Crippen molar-refractivity contribution in [1.82, 2.24) is 20.2 Å². The Kier molecular flexibility index (Phi) is 5.38. The maximum absolute atomic E-state index is 12.3. The van der Waals surface area contributed by atoms with Crippen molar-refractivity contribution in [1.29, 1.82) is 0 Å². The lowest BCUT2D eigenvalue weighted by Gasteiger charge is -2.17. The zero-order chi connectivity index (χ0) is 17.3. The number of amides is 1. The Labute approximate surface area is 164 Å². The number of hydrogen-bond donors (Lipinski definition) is 2. The van der Waals surface area contributed by atoms with E-state index in [4.69, 9.17) is 16.8 Å². The van der Waals surface area contributed by atoms with Crippen molar-refractivity contribution in [3.8, 4) is 0 Å². The molecule has 2 N–H and O–H groups in total. The number of rotatable bonds is 4. The van der Waals surface area contributed by atoms with Crippen LogP contribution in [0.5, 0.6) is 0 Å². The van der Waals surface area contributed by atoms with Crippen LogP contribution in [0.3, 0.4) is 0 Å². The zero-order valence-corrected chi connectivity index (χ0v) is 16.6. The predicted molar refractivity (Wildman–Crippen MR) is 102 cm³/mol. The van der Waals surface area contributed by atoms with Gasteiger partial charge in [0.2, 0.25) is 0 Å². The second-order valence-electron chi connectivity index (χ2n) is 5.05. The molecule has 2 aromatic heterocycles. The molecule has 3 rings (SSSR count). The largest absolute Gasteiger partial charge is 0.289 e. The first kappa shape index (κ1) is 17.6. The van der Waals surface area contributed by atoms with Crippen LogP contribution in [0.15, 0.2) is 41.0 Å². The molecular formula is C15H11BrClIN4O2. The lowest BCUT2D eigenvalue weighted by atomic mass is 10.1. The number of hydroxylamine groups is 1. The maximum atomic E-state index is 12.3. The van der Waals surface area contributed by atoms with Gasteiger partial charge in [-0.2, -0.15) is 5.10 Å². The molecule has 1 atom stereocenters. The summed E-state index contributed by atoms with van der Waals surface area (Å²) >= 11 is 11.7. The second-order valence-corrected chi connectivity index (χ2v) is 7.24. The van der Waals surface area contributed by atoms with Gasteiger partial charge in [0.05, 0.1) is 0 Å². The number of hydrogen-bond acceptors (Lipinski definition) is 4. The van der Waals surface area contributed by atoms with Gasteiger partial charge in [-0.25, -0.2) is 15.1 Å². The number of nitrogens with one attached hydrogen (secondary N) is 1. The number of carbonyl (C=O) groups is 1. The SMILES string of the molecule is O=C(NO)C(Cc1ccccc1)n1nc(I)c2cc(Br)nc(Cl)c21. The number of halogens is 3. The molecule has 3 aromatic rings.